The number of benzene rings is 1. The lowest BCUT2D eigenvalue weighted by Crippen LogP contribution is -2.29. The maximum atomic E-state index is 5.56. The first-order chi connectivity index (χ1) is 13.6. The first-order valence-electron chi connectivity index (χ1n) is 9.54. The smallest absolute Gasteiger partial charge is 0.178 e. The van der Waals surface area contributed by atoms with Gasteiger partial charge in [0.15, 0.2) is 5.82 Å². The number of ether oxygens (including phenoxy) is 1. The van der Waals surface area contributed by atoms with Crippen molar-refractivity contribution < 1.29 is 9.26 Å². The number of anilines is 2. The zero-order chi connectivity index (χ0) is 19.5. The van der Waals surface area contributed by atoms with Gasteiger partial charge in [0.25, 0.3) is 0 Å². The zero-order valence-corrected chi connectivity index (χ0v) is 16.5. The van der Waals surface area contributed by atoms with E-state index in [1.165, 1.54) is 0 Å². The third-order valence-corrected chi connectivity index (χ3v) is 4.89. The maximum Gasteiger partial charge on any atom is 0.178 e. The lowest BCUT2D eigenvalue weighted by Gasteiger charge is -2.26. The molecule has 7 heteroatoms. The molecular weight excluding hydrogens is 354 g/mol. The second kappa shape index (κ2) is 7.98. The van der Waals surface area contributed by atoms with E-state index in [1.807, 2.05) is 36.7 Å². The van der Waals surface area contributed by atoms with E-state index in [4.69, 9.17) is 9.26 Å². The lowest BCUT2D eigenvalue weighted by molar-refractivity contribution is 0.228. The van der Waals surface area contributed by atoms with Crippen molar-refractivity contribution in [2.45, 2.75) is 39.3 Å². The molecule has 4 rings (SSSR count). The summed E-state index contributed by atoms with van der Waals surface area (Å²) in [5.41, 5.74) is 3.14. The zero-order valence-electron chi connectivity index (χ0n) is 16.5. The Kier molecular flexibility index (Phi) is 5.25. The normalized spacial score (nSPS) is 14.1. The number of hydrogen-bond donors (Lipinski definition) is 1. The van der Waals surface area contributed by atoms with Gasteiger partial charge in [-0.2, -0.15) is 0 Å². The van der Waals surface area contributed by atoms with E-state index in [-0.39, 0.29) is 0 Å². The Balaban J connectivity index is 1.46. The van der Waals surface area contributed by atoms with E-state index < -0.39 is 0 Å². The summed E-state index contributed by atoms with van der Waals surface area (Å²) >= 11 is 0. The summed E-state index contributed by atoms with van der Waals surface area (Å²) in [6.45, 7) is 6.71. The Morgan fingerprint density at radius 1 is 1.25 bits per heavy atom. The summed E-state index contributed by atoms with van der Waals surface area (Å²) < 4.78 is 10.9. The molecule has 1 aromatic carbocycles. The molecule has 1 aliphatic rings. The molecular formula is C21H25N5O2. The molecule has 2 aromatic heterocycles. The molecule has 0 fully saturated rings. The maximum absolute atomic E-state index is 5.56. The van der Waals surface area contributed by atoms with Gasteiger partial charge >= 0.3 is 0 Å². The molecule has 28 heavy (non-hydrogen) atoms. The fourth-order valence-electron chi connectivity index (χ4n) is 3.34. The standard InChI is InChI=1S/C21H25N5O2/c1-14(2)20-22-10-15(11-23-20)12-26-8-7-19-18(13-26)21(25-28-19)24-16-5-4-6-17(9-16)27-3/h4-6,9-11,14H,7-8,12-13H2,1-3H3,(H,24,25). The SMILES string of the molecule is COc1cccc(Nc2noc3c2CN(Cc2cnc(C(C)C)nc2)CC3)c1. The van der Waals surface area contributed by atoms with Crippen LogP contribution in [0.15, 0.2) is 41.2 Å². The minimum Gasteiger partial charge on any atom is -0.497 e. The number of fused-ring (bicyclic) bond motifs is 1. The van der Waals surface area contributed by atoms with Crippen molar-refractivity contribution in [3.63, 3.8) is 0 Å². The molecule has 0 aliphatic carbocycles. The van der Waals surface area contributed by atoms with Crippen LogP contribution in [0, 0.1) is 0 Å². The molecule has 0 spiro atoms. The van der Waals surface area contributed by atoms with Gasteiger partial charge in [-0.1, -0.05) is 25.1 Å². The summed E-state index contributed by atoms with van der Waals surface area (Å²) in [7, 11) is 1.66. The molecule has 0 radical (unpaired) electrons. The van der Waals surface area contributed by atoms with Crippen molar-refractivity contribution in [3.05, 3.63) is 59.4 Å². The van der Waals surface area contributed by atoms with Gasteiger partial charge in [0.05, 0.1) is 12.7 Å². The number of rotatable bonds is 6. The minimum absolute atomic E-state index is 0.342. The Morgan fingerprint density at radius 2 is 2.07 bits per heavy atom. The molecule has 3 heterocycles. The highest BCUT2D eigenvalue weighted by molar-refractivity contribution is 5.61. The lowest BCUT2D eigenvalue weighted by atomic mass is 10.1. The van der Waals surface area contributed by atoms with Crippen molar-refractivity contribution in [1.82, 2.24) is 20.0 Å². The largest absolute Gasteiger partial charge is 0.497 e. The first-order valence-corrected chi connectivity index (χ1v) is 9.54. The van der Waals surface area contributed by atoms with Crippen LogP contribution in [0.2, 0.25) is 0 Å². The number of methoxy groups -OCH3 is 1. The van der Waals surface area contributed by atoms with Crippen LogP contribution in [0.25, 0.3) is 0 Å². The number of aromatic nitrogens is 3. The average molecular weight is 379 g/mol. The fraction of sp³-hybridized carbons (Fsp3) is 0.381. The third kappa shape index (κ3) is 3.99. The van der Waals surface area contributed by atoms with Gasteiger partial charge in [0.1, 0.15) is 17.3 Å². The van der Waals surface area contributed by atoms with E-state index in [1.54, 1.807) is 7.11 Å². The van der Waals surface area contributed by atoms with Gasteiger partial charge < -0.3 is 14.6 Å². The predicted molar refractivity (Wildman–Crippen MR) is 107 cm³/mol. The summed E-state index contributed by atoms with van der Waals surface area (Å²) in [6, 6.07) is 7.78. The van der Waals surface area contributed by atoms with Crippen LogP contribution in [-0.2, 0) is 19.5 Å². The molecule has 0 saturated carbocycles. The number of nitrogens with zero attached hydrogens (tertiary/aromatic N) is 4. The molecule has 146 valence electrons. The van der Waals surface area contributed by atoms with E-state index >= 15 is 0 Å². The molecule has 1 aliphatic heterocycles. The number of nitrogens with one attached hydrogen (secondary N) is 1. The fourth-order valence-corrected chi connectivity index (χ4v) is 3.34. The molecule has 7 nitrogen and oxygen atoms in total. The molecule has 0 unspecified atom stereocenters. The minimum atomic E-state index is 0.342. The van der Waals surface area contributed by atoms with Crippen LogP contribution >= 0.6 is 0 Å². The van der Waals surface area contributed by atoms with E-state index in [9.17, 15) is 0 Å². The Morgan fingerprint density at radius 3 is 2.82 bits per heavy atom. The third-order valence-electron chi connectivity index (χ3n) is 4.89. The van der Waals surface area contributed by atoms with Crippen LogP contribution in [0.5, 0.6) is 5.75 Å². The Labute approximate surface area is 164 Å². The average Bonchev–Trinajstić information content (AvgIpc) is 3.10. The van der Waals surface area contributed by atoms with Crippen molar-refractivity contribution in [1.29, 1.82) is 0 Å². The van der Waals surface area contributed by atoms with Crippen molar-refractivity contribution in [2.24, 2.45) is 0 Å². The van der Waals surface area contributed by atoms with E-state index in [2.05, 4.69) is 39.2 Å². The van der Waals surface area contributed by atoms with Gasteiger partial charge in [-0.15, -0.1) is 0 Å². The monoisotopic (exact) mass is 379 g/mol. The van der Waals surface area contributed by atoms with Gasteiger partial charge in [-0.25, -0.2) is 9.97 Å². The van der Waals surface area contributed by atoms with Crippen LogP contribution in [0.1, 0.15) is 42.5 Å². The quantitative estimate of drug-likeness (QED) is 0.696. The molecule has 0 bridgehead atoms. The highest BCUT2D eigenvalue weighted by atomic mass is 16.5. The highest BCUT2D eigenvalue weighted by Crippen LogP contribution is 2.30. The van der Waals surface area contributed by atoms with Gasteiger partial charge in [0.2, 0.25) is 0 Å². The molecule has 0 atom stereocenters. The summed E-state index contributed by atoms with van der Waals surface area (Å²) in [5, 5.41) is 7.60. The molecule has 1 N–H and O–H groups in total. The van der Waals surface area contributed by atoms with Crippen LogP contribution < -0.4 is 10.1 Å². The van der Waals surface area contributed by atoms with E-state index in [0.717, 1.165) is 66.0 Å². The second-order valence-electron chi connectivity index (χ2n) is 7.35. The van der Waals surface area contributed by atoms with Crippen molar-refractivity contribution in [2.75, 3.05) is 19.0 Å². The van der Waals surface area contributed by atoms with Crippen molar-refractivity contribution >= 4 is 11.5 Å². The van der Waals surface area contributed by atoms with Crippen LogP contribution in [0.4, 0.5) is 11.5 Å². The topological polar surface area (TPSA) is 76.3 Å². The second-order valence-corrected chi connectivity index (χ2v) is 7.35. The summed E-state index contributed by atoms with van der Waals surface area (Å²) in [5.74, 6) is 3.74. The van der Waals surface area contributed by atoms with Crippen molar-refractivity contribution in [3.8, 4) is 5.75 Å². The Bertz CT molecular complexity index is 936. The summed E-state index contributed by atoms with van der Waals surface area (Å²) in [6.07, 6.45) is 4.70. The molecule has 0 amide bonds. The molecule has 3 aromatic rings. The predicted octanol–water partition coefficient (Wildman–Crippen LogP) is 3.90. The summed E-state index contributed by atoms with van der Waals surface area (Å²) in [4.78, 5) is 11.3. The van der Waals surface area contributed by atoms with Gasteiger partial charge in [-0.05, 0) is 12.1 Å². The van der Waals surface area contributed by atoms with Crippen LogP contribution in [-0.4, -0.2) is 33.7 Å². The highest BCUT2D eigenvalue weighted by Gasteiger charge is 2.24. The molecule has 0 saturated heterocycles. The Hall–Kier alpha value is -2.93. The van der Waals surface area contributed by atoms with E-state index in [0.29, 0.717) is 5.92 Å². The van der Waals surface area contributed by atoms with Gasteiger partial charge in [-0.3, -0.25) is 4.90 Å². The first kappa shape index (κ1) is 18.4. The van der Waals surface area contributed by atoms with Crippen LogP contribution in [0.3, 0.4) is 0 Å². The number of hydrogen-bond acceptors (Lipinski definition) is 7. The van der Waals surface area contributed by atoms with Gasteiger partial charge in [0, 0.05) is 61.7 Å².